The third kappa shape index (κ3) is 4.64. The van der Waals surface area contributed by atoms with E-state index >= 15 is 0 Å². The average molecular weight is 328 g/mol. The van der Waals surface area contributed by atoms with Crippen molar-refractivity contribution in [3.8, 4) is 5.75 Å². The van der Waals surface area contributed by atoms with Gasteiger partial charge in [0.1, 0.15) is 5.75 Å². The van der Waals surface area contributed by atoms with Crippen molar-refractivity contribution >= 4 is 23.3 Å². The highest BCUT2D eigenvalue weighted by atomic mass is 16.5. The van der Waals surface area contributed by atoms with Crippen LogP contribution in [0.2, 0.25) is 0 Å². The first-order valence-corrected chi connectivity index (χ1v) is 7.28. The van der Waals surface area contributed by atoms with Gasteiger partial charge in [-0.25, -0.2) is 10.2 Å². The molecule has 0 radical (unpaired) electrons. The number of carbonyl (C=O) groups is 2. The van der Waals surface area contributed by atoms with Gasteiger partial charge in [0.05, 0.1) is 7.11 Å². The number of methoxy groups -OCH3 is 1. The molecule has 2 aromatic rings. The van der Waals surface area contributed by atoms with Crippen LogP contribution in [-0.2, 0) is 0 Å². The van der Waals surface area contributed by atoms with E-state index in [4.69, 9.17) is 4.74 Å². The van der Waals surface area contributed by atoms with Gasteiger partial charge < -0.3 is 15.0 Å². The van der Waals surface area contributed by atoms with Crippen LogP contribution in [-0.4, -0.2) is 33.1 Å². The Hall–Kier alpha value is -3.22. The molecule has 0 fully saturated rings. The number of nitrogens with one attached hydrogen (secondary N) is 3. The van der Waals surface area contributed by atoms with E-state index in [-0.39, 0.29) is 0 Å². The van der Waals surface area contributed by atoms with Crippen molar-refractivity contribution in [2.24, 2.45) is 0 Å². The Balaban J connectivity index is 1.87. The lowest BCUT2D eigenvalue weighted by atomic mass is 10.2. The molecule has 3 amide bonds. The van der Waals surface area contributed by atoms with Crippen molar-refractivity contribution in [1.82, 2.24) is 10.9 Å². The molecule has 2 rings (SSSR count). The zero-order valence-electron chi connectivity index (χ0n) is 13.8. The first-order valence-electron chi connectivity index (χ1n) is 7.28. The van der Waals surface area contributed by atoms with Crippen molar-refractivity contribution < 1.29 is 14.3 Å². The summed E-state index contributed by atoms with van der Waals surface area (Å²) >= 11 is 0. The van der Waals surface area contributed by atoms with Crippen LogP contribution in [0.1, 0.15) is 10.4 Å². The van der Waals surface area contributed by atoms with Gasteiger partial charge in [0.25, 0.3) is 5.91 Å². The minimum Gasteiger partial charge on any atom is -0.497 e. The number of ether oxygens (including phenoxy) is 1. The lowest BCUT2D eigenvalue weighted by Gasteiger charge is -2.13. The topological polar surface area (TPSA) is 82.7 Å². The number of hydrogen-bond donors (Lipinski definition) is 3. The number of rotatable bonds is 4. The molecule has 7 nitrogen and oxygen atoms in total. The minimum absolute atomic E-state index is 0.402. The van der Waals surface area contributed by atoms with E-state index in [1.807, 2.05) is 31.1 Å². The molecule has 24 heavy (non-hydrogen) atoms. The second kappa shape index (κ2) is 7.87. The Bertz CT molecular complexity index is 714. The van der Waals surface area contributed by atoms with Crippen LogP contribution >= 0.6 is 0 Å². The second-order valence-corrected chi connectivity index (χ2v) is 5.21. The summed E-state index contributed by atoms with van der Waals surface area (Å²) in [7, 11) is 5.38. The SMILES string of the molecule is COc1cccc(NC(=O)NNC(=O)c2ccc(N(C)C)cc2)c1. The number of anilines is 2. The summed E-state index contributed by atoms with van der Waals surface area (Å²) in [5, 5.41) is 2.60. The monoisotopic (exact) mass is 328 g/mol. The lowest BCUT2D eigenvalue weighted by Crippen LogP contribution is -2.43. The first-order chi connectivity index (χ1) is 11.5. The van der Waals surface area contributed by atoms with E-state index in [9.17, 15) is 9.59 Å². The predicted molar refractivity (Wildman–Crippen MR) is 93.4 cm³/mol. The molecule has 0 saturated heterocycles. The standard InChI is InChI=1S/C17H20N4O3/c1-21(2)14-9-7-12(8-10-14)16(22)19-20-17(23)18-13-5-4-6-15(11-13)24-3/h4-11H,1-3H3,(H,19,22)(H2,18,20,23). The van der Waals surface area contributed by atoms with Gasteiger partial charge in [0, 0.05) is 37.1 Å². The molecule has 0 aliphatic carbocycles. The van der Waals surface area contributed by atoms with Gasteiger partial charge in [-0.05, 0) is 36.4 Å². The molecule has 0 saturated carbocycles. The van der Waals surface area contributed by atoms with Crippen molar-refractivity contribution in [1.29, 1.82) is 0 Å². The minimum atomic E-state index is -0.554. The summed E-state index contributed by atoms with van der Waals surface area (Å²) in [6, 6.07) is 13.4. The Kier molecular flexibility index (Phi) is 5.62. The molecule has 126 valence electrons. The fourth-order valence-corrected chi connectivity index (χ4v) is 1.96. The number of nitrogens with zero attached hydrogens (tertiary/aromatic N) is 1. The van der Waals surface area contributed by atoms with E-state index in [0.29, 0.717) is 17.0 Å². The maximum atomic E-state index is 12.0. The van der Waals surface area contributed by atoms with Gasteiger partial charge in [-0.2, -0.15) is 0 Å². The van der Waals surface area contributed by atoms with Crippen LogP contribution < -0.4 is 25.8 Å². The number of hydrazine groups is 1. The quantitative estimate of drug-likeness (QED) is 0.752. The van der Waals surface area contributed by atoms with Crippen LogP contribution in [0, 0.1) is 0 Å². The number of urea groups is 1. The van der Waals surface area contributed by atoms with E-state index in [0.717, 1.165) is 5.69 Å². The summed E-state index contributed by atoms with van der Waals surface area (Å²) in [6.07, 6.45) is 0. The molecule has 0 unspecified atom stereocenters. The Labute approximate surface area is 140 Å². The summed E-state index contributed by atoms with van der Waals surface area (Å²) in [6.45, 7) is 0. The molecule has 0 aromatic heterocycles. The number of hydrogen-bond acceptors (Lipinski definition) is 4. The molecule has 3 N–H and O–H groups in total. The molecule has 2 aromatic carbocycles. The van der Waals surface area contributed by atoms with Crippen LogP contribution in [0.25, 0.3) is 0 Å². The van der Waals surface area contributed by atoms with Crippen LogP contribution in [0.15, 0.2) is 48.5 Å². The van der Waals surface area contributed by atoms with E-state index in [1.54, 1.807) is 43.5 Å². The Morgan fingerprint density at radius 3 is 2.33 bits per heavy atom. The molecule has 0 aliphatic rings. The van der Waals surface area contributed by atoms with Crippen LogP contribution in [0.5, 0.6) is 5.75 Å². The first kappa shape index (κ1) is 17.1. The lowest BCUT2D eigenvalue weighted by molar-refractivity contribution is 0.0938. The fourth-order valence-electron chi connectivity index (χ4n) is 1.96. The number of benzene rings is 2. The summed E-state index contributed by atoms with van der Waals surface area (Å²) in [4.78, 5) is 25.7. The summed E-state index contributed by atoms with van der Waals surface area (Å²) in [5.41, 5.74) is 6.63. The third-order valence-electron chi connectivity index (χ3n) is 3.26. The highest BCUT2D eigenvalue weighted by molar-refractivity contribution is 5.97. The summed E-state index contributed by atoms with van der Waals surface area (Å²) < 4.78 is 5.07. The van der Waals surface area contributed by atoms with Gasteiger partial charge in [0.15, 0.2) is 0 Å². The molecule has 0 bridgehead atoms. The van der Waals surface area contributed by atoms with Crippen molar-refractivity contribution in [3.05, 3.63) is 54.1 Å². The van der Waals surface area contributed by atoms with Gasteiger partial charge in [-0.15, -0.1) is 0 Å². The van der Waals surface area contributed by atoms with E-state index in [2.05, 4.69) is 16.2 Å². The van der Waals surface area contributed by atoms with E-state index in [1.165, 1.54) is 0 Å². The molecular formula is C17H20N4O3. The maximum Gasteiger partial charge on any atom is 0.337 e. The molecular weight excluding hydrogens is 308 g/mol. The molecule has 0 spiro atoms. The summed E-state index contributed by atoms with van der Waals surface area (Å²) in [5.74, 6) is 0.221. The van der Waals surface area contributed by atoms with E-state index < -0.39 is 11.9 Å². The van der Waals surface area contributed by atoms with Crippen molar-refractivity contribution in [3.63, 3.8) is 0 Å². The normalized spacial score (nSPS) is 9.79. The van der Waals surface area contributed by atoms with Gasteiger partial charge in [0.2, 0.25) is 0 Å². The Morgan fingerprint density at radius 2 is 1.71 bits per heavy atom. The predicted octanol–water partition coefficient (Wildman–Crippen LogP) is 2.23. The third-order valence-corrected chi connectivity index (χ3v) is 3.26. The van der Waals surface area contributed by atoms with Crippen LogP contribution in [0.3, 0.4) is 0 Å². The molecule has 0 heterocycles. The second-order valence-electron chi connectivity index (χ2n) is 5.21. The van der Waals surface area contributed by atoms with Crippen molar-refractivity contribution in [2.75, 3.05) is 31.4 Å². The fraction of sp³-hybridized carbons (Fsp3) is 0.176. The maximum absolute atomic E-state index is 12.0. The molecule has 0 atom stereocenters. The van der Waals surface area contributed by atoms with Gasteiger partial charge in [-0.1, -0.05) is 6.07 Å². The Morgan fingerprint density at radius 1 is 1.00 bits per heavy atom. The average Bonchev–Trinajstić information content (AvgIpc) is 2.60. The molecule has 0 aliphatic heterocycles. The number of amides is 3. The van der Waals surface area contributed by atoms with Crippen LogP contribution in [0.4, 0.5) is 16.2 Å². The van der Waals surface area contributed by atoms with Crippen molar-refractivity contribution in [2.45, 2.75) is 0 Å². The van der Waals surface area contributed by atoms with Gasteiger partial charge >= 0.3 is 6.03 Å². The smallest absolute Gasteiger partial charge is 0.337 e. The number of carbonyl (C=O) groups excluding carboxylic acids is 2. The zero-order valence-corrected chi connectivity index (χ0v) is 13.8. The highest BCUT2D eigenvalue weighted by Gasteiger charge is 2.08. The zero-order chi connectivity index (χ0) is 17.5. The highest BCUT2D eigenvalue weighted by Crippen LogP contribution is 2.16. The van der Waals surface area contributed by atoms with Gasteiger partial charge in [-0.3, -0.25) is 10.2 Å². The molecule has 7 heteroatoms. The largest absolute Gasteiger partial charge is 0.497 e.